The summed E-state index contributed by atoms with van der Waals surface area (Å²) in [5, 5.41) is 2.78. The second-order valence-electron chi connectivity index (χ2n) is 4.87. The van der Waals surface area contributed by atoms with Gasteiger partial charge in [-0.25, -0.2) is 0 Å². The summed E-state index contributed by atoms with van der Waals surface area (Å²) >= 11 is 0. The first-order valence-corrected chi connectivity index (χ1v) is 6.47. The number of carbonyl (C=O) groups excluding carboxylic acids is 2. The van der Waals surface area contributed by atoms with Crippen LogP contribution in [-0.4, -0.2) is 11.8 Å². The minimum atomic E-state index is -0.521. The number of hydrogen-bond donors (Lipinski definition) is 3. The third-order valence-electron chi connectivity index (χ3n) is 3.38. The average molecular weight is 283 g/mol. The van der Waals surface area contributed by atoms with Gasteiger partial charge < -0.3 is 16.8 Å². The molecule has 0 aliphatic rings. The smallest absolute Gasteiger partial charge is 0.255 e. The lowest BCUT2D eigenvalue weighted by molar-refractivity contribution is 0.0995. The first-order chi connectivity index (χ1) is 9.90. The van der Waals surface area contributed by atoms with Gasteiger partial charge in [-0.1, -0.05) is 6.07 Å². The summed E-state index contributed by atoms with van der Waals surface area (Å²) in [7, 11) is 0. The molecule has 0 aliphatic heterocycles. The van der Waals surface area contributed by atoms with Crippen LogP contribution in [0.4, 0.5) is 11.4 Å². The summed E-state index contributed by atoms with van der Waals surface area (Å²) in [6.45, 7) is 3.58. The van der Waals surface area contributed by atoms with Crippen molar-refractivity contribution in [3.8, 4) is 0 Å². The number of nitrogens with one attached hydrogen (secondary N) is 1. The van der Waals surface area contributed by atoms with Crippen LogP contribution < -0.4 is 16.8 Å². The monoisotopic (exact) mass is 283 g/mol. The molecular weight excluding hydrogens is 266 g/mol. The van der Waals surface area contributed by atoms with Crippen LogP contribution in [-0.2, 0) is 0 Å². The zero-order chi connectivity index (χ0) is 15.6. The van der Waals surface area contributed by atoms with Crippen LogP contribution in [0.5, 0.6) is 0 Å². The third-order valence-corrected chi connectivity index (χ3v) is 3.38. The van der Waals surface area contributed by atoms with Gasteiger partial charge >= 0.3 is 0 Å². The summed E-state index contributed by atoms with van der Waals surface area (Å²) in [6.07, 6.45) is 0. The molecule has 2 amide bonds. The molecule has 2 aromatic carbocycles. The Morgan fingerprint density at radius 1 is 1.10 bits per heavy atom. The Labute approximate surface area is 123 Å². The van der Waals surface area contributed by atoms with Crippen LogP contribution in [0.25, 0.3) is 0 Å². The average Bonchev–Trinajstić information content (AvgIpc) is 2.43. The Bertz CT molecular complexity index is 723. The summed E-state index contributed by atoms with van der Waals surface area (Å²) in [5.74, 6) is -0.783. The van der Waals surface area contributed by atoms with E-state index in [0.29, 0.717) is 28.1 Å². The van der Waals surface area contributed by atoms with Crippen LogP contribution in [0.2, 0.25) is 0 Å². The van der Waals surface area contributed by atoms with E-state index in [-0.39, 0.29) is 5.91 Å². The molecule has 2 rings (SSSR count). The zero-order valence-electron chi connectivity index (χ0n) is 11.9. The SMILES string of the molecule is Cc1cc(C(=O)Nc2cccc(C(N)=O)c2C)ccc1N. The maximum atomic E-state index is 12.2. The molecule has 2 aromatic rings. The maximum Gasteiger partial charge on any atom is 0.255 e. The Morgan fingerprint density at radius 2 is 1.81 bits per heavy atom. The normalized spacial score (nSPS) is 10.2. The molecule has 5 heteroatoms. The van der Waals surface area contributed by atoms with E-state index in [9.17, 15) is 9.59 Å². The van der Waals surface area contributed by atoms with Crippen molar-refractivity contribution in [2.75, 3.05) is 11.1 Å². The number of amides is 2. The van der Waals surface area contributed by atoms with E-state index in [1.54, 1.807) is 43.3 Å². The van der Waals surface area contributed by atoms with Gasteiger partial charge in [0, 0.05) is 22.5 Å². The number of hydrogen-bond acceptors (Lipinski definition) is 3. The predicted octanol–water partition coefficient (Wildman–Crippen LogP) is 2.24. The molecule has 0 saturated heterocycles. The molecule has 0 bridgehead atoms. The van der Waals surface area contributed by atoms with E-state index in [1.165, 1.54) is 0 Å². The highest BCUT2D eigenvalue weighted by molar-refractivity contribution is 6.06. The summed E-state index contributed by atoms with van der Waals surface area (Å²) in [6, 6.07) is 10.1. The fraction of sp³-hybridized carbons (Fsp3) is 0.125. The van der Waals surface area contributed by atoms with Crippen LogP contribution >= 0.6 is 0 Å². The fourth-order valence-corrected chi connectivity index (χ4v) is 2.05. The van der Waals surface area contributed by atoms with E-state index in [1.807, 2.05) is 6.92 Å². The summed E-state index contributed by atoms with van der Waals surface area (Å²) in [4.78, 5) is 23.6. The zero-order valence-corrected chi connectivity index (χ0v) is 11.9. The first-order valence-electron chi connectivity index (χ1n) is 6.47. The molecule has 5 N–H and O–H groups in total. The standard InChI is InChI=1S/C16H17N3O2/c1-9-8-11(6-7-13(9)17)16(21)19-14-5-3-4-12(10(14)2)15(18)20/h3-8H,17H2,1-2H3,(H2,18,20)(H,19,21). The van der Waals surface area contributed by atoms with Gasteiger partial charge in [0.1, 0.15) is 0 Å². The Balaban J connectivity index is 2.29. The van der Waals surface area contributed by atoms with Crippen molar-refractivity contribution in [2.24, 2.45) is 5.73 Å². The Hall–Kier alpha value is -2.82. The highest BCUT2D eigenvalue weighted by Gasteiger charge is 2.12. The van der Waals surface area contributed by atoms with Gasteiger partial charge in [0.25, 0.3) is 5.91 Å². The number of anilines is 2. The topological polar surface area (TPSA) is 98.2 Å². The predicted molar refractivity (Wildman–Crippen MR) is 83.2 cm³/mol. The highest BCUT2D eigenvalue weighted by atomic mass is 16.2. The number of nitrogen functional groups attached to an aromatic ring is 1. The lowest BCUT2D eigenvalue weighted by Gasteiger charge is -2.11. The lowest BCUT2D eigenvalue weighted by atomic mass is 10.1. The molecule has 0 atom stereocenters. The van der Waals surface area contributed by atoms with Crippen molar-refractivity contribution in [1.82, 2.24) is 0 Å². The number of primary amides is 1. The largest absolute Gasteiger partial charge is 0.399 e. The van der Waals surface area contributed by atoms with E-state index in [0.717, 1.165) is 5.56 Å². The Kier molecular flexibility index (Phi) is 3.93. The van der Waals surface area contributed by atoms with Gasteiger partial charge in [0.15, 0.2) is 0 Å². The van der Waals surface area contributed by atoms with Crippen molar-refractivity contribution >= 4 is 23.2 Å². The van der Waals surface area contributed by atoms with Gasteiger partial charge in [-0.05, 0) is 55.3 Å². The minimum absolute atomic E-state index is 0.261. The number of aryl methyl sites for hydroxylation is 1. The van der Waals surface area contributed by atoms with Crippen LogP contribution in [0.3, 0.4) is 0 Å². The molecule has 0 saturated carbocycles. The summed E-state index contributed by atoms with van der Waals surface area (Å²) in [5.41, 5.74) is 14.6. The molecule has 5 nitrogen and oxygen atoms in total. The molecule has 21 heavy (non-hydrogen) atoms. The molecule has 0 unspecified atom stereocenters. The van der Waals surface area contributed by atoms with Crippen molar-refractivity contribution in [1.29, 1.82) is 0 Å². The van der Waals surface area contributed by atoms with Gasteiger partial charge in [0.05, 0.1) is 0 Å². The van der Waals surface area contributed by atoms with Crippen molar-refractivity contribution in [2.45, 2.75) is 13.8 Å². The minimum Gasteiger partial charge on any atom is -0.399 e. The quantitative estimate of drug-likeness (QED) is 0.753. The number of nitrogens with two attached hydrogens (primary N) is 2. The molecule has 0 aromatic heterocycles. The van der Waals surface area contributed by atoms with E-state index in [4.69, 9.17) is 11.5 Å². The number of benzene rings is 2. The molecule has 0 radical (unpaired) electrons. The van der Waals surface area contributed by atoms with E-state index < -0.39 is 5.91 Å². The van der Waals surface area contributed by atoms with Gasteiger partial charge in [0.2, 0.25) is 5.91 Å². The second kappa shape index (κ2) is 5.66. The number of carbonyl (C=O) groups is 2. The van der Waals surface area contributed by atoms with E-state index in [2.05, 4.69) is 5.32 Å². The van der Waals surface area contributed by atoms with Gasteiger partial charge in [-0.15, -0.1) is 0 Å². The van der Waals surface area contributed by atoms with E-state index >= 15 is 0 Å². The van der Waals surface area contributed by atoms with Crippen LogP contribution in [0, 0.1) is 13.8 Å². The van der Waals surface area contributed by atoms with Gasteiger partial charge in [-0.2, -0.15) is 0 Å². The van der Waals surface area contributed by atoms with Crippen LogP contribution in [0.15, 0.2) is 36.4 Å². The van der Waals surface area contributed by atoms with Crippen molar-refractivity contribution < 1.29 is 9.59 Å². The molecule has 0 fully saturated rings. The second-order valence-corrected chi connectivity index (χ2v) is 4.87. The summed E-state index contributed by atoms with van der Waals surface area (Å²) < 4.78 is 0. The maximum absolute atomic E-state index is 12.2. The Morgan fingerprint density at radius 3 is 2.43 bits per heavy atom. The molecule has 0 aliphatic carbocycles. The molecule has 0 heterocycles. The first kappa shape index (κ1) is 14.6. The number of rotatable bonds is 3. The highest BCUT2D eigenvalue weighted by Crippen LogP contribution is 2.20. The lowest BCUT2D eigenvalue weighted by Crippen LogP contribution is -2.17. The molecule has 108 valence electrons. The molecule has 0 spiro atoms. The van der Waals surface area contributed by atoms with Crippen molar-refractivity contribution in [3.63, 3.8) is 0 Å². The fourth-order valence-electron chi connectivity index (χ4n) is 2.05. The molecular formula is C16H17N3O2. The van der Waals surface area contributed by atoms with Crippen molar-refractivity contribution in [3.05, 3.63) is 58.7 Å². The van der Waals surface area contributed by atoms with Gasteiger partial charge in [-0.3, -0.25) is 9.59 Å². The third kappa shape index (κ3) is 3.02. The van der Waals surface area contributed by atoms with Crippen LogP contribution in [0.1, 0.15) is 31.8 Å².